The van der Waals surface area contributed by atoms with Crippen molar-refractivity contribution in [2.24, 2.45) is 5.73 Å². The average Bonchev–Trinajstić information content (AvgIpc) is 3.14. The number of pyridine rings is 1. The largest absolute Gasteiger partial charge is 0.347 e. The third-order valence-corrected chi connectivity index (χ3v) is 4.55. The monoisotopic (exact) mass is 395 g/mol. The Labute approximate surface area is 171 Å². The molecule has 0 saturated carbocycles. The van der Waals surface area contributed by atoms with Crippen LogP contribution in [0.3, 0.4) is 0 Å². The molecule has 0 atom stereocenters. The second kappa shape index (κ2) is 11.1. The molecule has 0 spiro atoms. The maximum atomic E-state index is 12.1. The summed E-state index contributed by atoms with van der Waals surface area (Å²) >= 11 is 0. The molecular weight excluding hydrogens is 366 g/mol. The fraction of sp³-hybridized carbons (Fsp3) is 0.364. The van der Waals surface area contributed by atoms with Gasteiger partial charge in [0.2, 0.25) is 5.91 Å². The Morgan fingerprint density at radius 2 is 1.86 bits per heavy atom. The van der Waals surface area contributed by atoms with E-state index in [4.69, 9.17) is 5.41 Å². The molecule has 0 aliphatic carbocycles. The second-order valence-electron chi connectivity index (χ2n) is 6.96. The molecule has 1 aromatic heterocycles. The lowest BCUT2D eigenvalue weighted by atomic mass is 10.0. The van der Waals surface area contributed by atoms with Crippen LogP contribution in [-0.4, -0.2) is 47.5 Å². The molecule has 0 unspecified atom stereocenters. The van der Waals surface area contributed by atoms with Crippen LogP contribution in [0.25, 0.3) is 0 Å². The first-order valence-electron chi connectivity index (χ1n) is 9.71. The van der Waals surface area contributed by atoms with Gasteiger partial charge in [-0.25, -0.2) is 0 Å². The van der Waals surface area contributed by atoms with E-state index in [1.165, 1.54) is 13.2 Å². The molecule has 1 aliphatic rings. The van der Waals surface area contributed by atoms with E-state index in [1.54, 1.807) is 13.1 Å². The third kappa shape index (κ3) is 6.80. The van der Waals surface area contributed by atoms with Crippen molar-refractivity contribution in [1.82, 2.24) is 15.2 Å². The standard InChI is InChI=1S/C21H24N4O2.CH5N/c1-15(22)11-24-21(27)19-10-18(12-23-13-19)9-16-4-6-17(7-5-16)14-25-8-2-3-20(25)26;1-2/h4-7,10,12-13,22H,2-3,8-9,11,14H2,1H3,(H,24,27);2H2,1H3. The Morgan fingerprint density at radius 3 is 2.48 bits per heavy atom. The van der Waals surface area contributed by atoms with Crippen molar-refractivity contribution in [2.45, 2.75) is 32.7 Å². The zero-order chi connectivity index (χ0) is 21.2. The van der Waals surface area contributed by atoms with Gasteiger partial charge in [0, 0.05) is 37.6 Å². The predicted molar refractivity (Wildman–Crippen MR) is 114 cm³/mol. The highest BCUT2D eigenvalue weighted by atomic mass is 16.2. The van der Waals surface area contributed by atoms with Gasteiger partial charge in [0.25, 0.3) is 5.91 Å². The summed E-state index contributed by atoms with van der Waals surface area (Å²) in [5.74, 6) is 0.0139. The first kappa shape index (κ1) is 22.2. The molecule has 0 bridgehead atoms. The van der Waals surface area contributed by atoms with Crippen LogP contribution in [0, 0.1) is 5.41 Å². The van der Waals surface area contributed by atoms with Crippen LogP contribution in [0.15, 0.2) is 42.7 Å². The summed E-state index contributed by atoms with van der Waals surface area (Å²) in [5, 5.41) is 10.1. The van der Waals surface area contributed by atoms with E-state index in [9.17, 15) is 9.59 Å². The molecule has 1 aromatic carbocycles. The fourth-order valence-electron chi connectivity index (χ4n) is 3.11. The molecule has 0 radical (unpaired) electrons. The minimum atomic E-state index is -0.221. The molecule has 1 aliphatic heterocycles. The highest BCUT2D eigenvalue weighted by Gasteiger charge is 2.19. The van der Waals surface area contributed by atoms with Gasteiger partial charge in [-0.05, 0) is 49.6 Å². The molecular formula is C22H29N5O2. The summed E-state index contributed by atoms with van der Waals surface area (Å²) in [5.41, 5.74) is 8.61. The number of carbonyl (C=O) groups is 2. The van der Waals surface area contributed by atoms with Crippen molar-refractivity contribution >= 4 is 17.5 Å². The summed E-state index contributed by atoms with van der Waals surface area (Å²) in [6, 6.07) is 10.1. The van der Waals surface area contributed by atoms with Crippen molar-refractivity contribution < 1.29 is 9.59 Å². The van der Waals surface area contributed by atoms with Crippen molar-refractivity contribution in [1.29, 1.82) is 5.41 Å². The average molecular weight is 396 g/mol. The SMILES string of the molecule is CC(=N)CNC(=O)c1cncc(Cc2ccc(CN3CCCC3=O)cc2)c1.CN. The molecule has 7 heteroatoms. The van der Waals surface area contributed by atoms with Crippen LogP contribution in [0.5, 0.6) is 0 Å². The number of amides is 2. The normalized spacial score (nSPS) is 12.9. The van der Waals surface area contributed by atoms with E-state index < -0.39 is 0 Å². The highest BCUT2D eigenvalue weighted by Crippen LogP contribution is 2.16. The number of likely N-dealkylation sites (tertiary alicyclic amines) is 1. The van der Waals surface area contributed by atoms with Gasteiger partial charge in [0.1, 0.15) is 0 Å². The van der Waals surface area contributed by atoms with Gasteiger partial charge in [-0.15, -0.1) is 0 Å². The number of carbonyl (C=O) groups excluding carboxylic acids is 2. The number of benzene rings is 1. The van der Waals surface area contributed by atoms with Gasteiger partial charge >= 0.3 is 0 Å². The highest BCUT2D eigenvalue weighted by molar-refractivity contribution is 5.96. The molecule has 4 N–H and O–H groups in total. The summed E-state index contributed by atoms with van der Waals surface area (Å²) in [6.45, 7) is 3.41. The van der Waals surface area contributed by atoms with Crippen LogP contribution >= 0.6 is 0 Å². The smallest absolute Gasteiger partial charge is 0.253 e. The van der Waals surface area contributed by atoms with Gasteiger partial charge in [0.15, 0.2) is 0 Å². The lowest BCUT2D eigenvalue weighted by Gasteiger charge is -2.15. The number of aromatic nitrogens is 1. The number of hydrogen-bond donors (Lipinski definition) is 3. The molecule has 29 heavy (non-hydrogen) atoms. The van der Waals surface area contributed by atoms with Crippen molar-refractivity contribution in [3.05, 3.63) is 65.0 Å². The lowest BCUT2D eigenvalue weighted by Crippen LogP contribution is -2.28. The lowest BCUT2D eigenvalue weighted by molar-refractivity contribution is -0.128. The van der Waals surface area contributed by atoms with E-state index in [2.05, 4.69) is 40.3 Å². The van der Waals surface area contributed by atoms with Gasteiger partial charge in [-0.2, -0.15) is 0 Å². The van der Waals surface area contributed by atoms with Gasteiger partial charge in [-0.3, -0.25) is 14.6 Å². The first-order chi connectivity index (χ1) is 14.0. The maximum absolute atomic E-state index is 12.1. The predicted octanol–water partition coefficient (Wildman–Crippen LogP) is 2.14. The van der Waals surface area contributed by atoms with Crippen molar-refractivity contribution in [2.75, 3.05) is 20.1 Å². The minimum absolute atomic E-state index is 0.221. The molecule has 1 fully saturated rings. The molecule has 2 aromatic rings. The minimum Gasteiger partial charge on any atom is -0.347 e. The molecule has 154 valence electrons. The van der Waals surface area contributed by atoms with Gasteiger partial charge in [-0.1, -0.05) is 24.3 Å². The number of hydrogen-bond acceptors (Lipinski definition) is 5. The number of nitrogens with one attached hydrogen (secondary N) is 2. The first-order valence-corrected chi connectivity index (χ1v) is 9.71. The molecule has 3 rings (SSSR count). The Bertz CT molecular complexity index is 849. The summed E-state index contributed by atoms with van der Waals surface area (Å²) in [7, 11) is 1.50. The fourth-order valence-corrected chi connectivity index (χ4v) is 3.11. The molecule has 1 saturated heterocycles. The topological polar surface area (TPSA) is 112 Å². The Morgan fingerprint density at radius 1 is 1.17 bits per heavy atom. The molecule has 7 nitrogen and oxygen atoms in total. The summed E-state index contributed by atoms with van der Waals surface area (Å²) < 4.78 is 0. The zero-order valence-electron chi connectivity index (χ0n) is 17.1. The van der Waals surface area contributed by atoms with Crippen LogP contribution < -0.4 is 11.1 Å². The molecule has 2 amide bonds. The van der Waals surface area contributed by atoms with E-state index >= 15 is 0 Å². The quantitative estimate of drug-likeness (QED) is 0.624. The van der Waals surface area contributed by atoms with Crippen LogP contribution in [0.4, 0.5) is 0 Å². The van der Waals surface area contributed by atoms with Gasteiger partial charge in [0.05, 0.1) is 12.1 Å². The van der Waals surface area contributed by atoms with E-state index in [1.807, 2.05) is 11.0 Å². The van der Waals surface area contributed by atoms with E-state index in [0.717, 1.165) is 29.7 Å². The van der Waals surface area contributed by atoms with Gasteiger partial charge < -0.3 is 21.4 Å². The Kier molecular flexibility index (Phi) is 8.48. The van der Waals surface area contributed by atoms with E-state index in [0.29, 0.717) is 30.7 Å². The number of nitrogens with two attached hydrogens (primary N) is 1. The second-order valence-corrected chi connectivity index (χ2v) is 6.96. The van der Waals surface area contributed by atoms with Crippen molar-refractivity contribution in [3.8, 4) is 0 Å². The maximum Gasteiger partial charge on any atom is 0.253 e. The van der Waals surface area contributed by atoms with Crippen LogP contribution in [0.2, 0.25) is 0 Å². The summed E-state index contributed by atoms with van der Waals surface area (Å²) in [6.07, 6.45) is 5.59. The summed E-state index contributed by atoms with van der Waals surface area (Å²) in [4.78, 5) is 29.9. The van der Waals surface area contributed by atoms with Crippen molar-refractivity contribution in [3.63, 3.8) is 0 Å². The number of rotatable bonds is 7. The van der Waals surface area contributed by atoms with E-state index in [-0.39, 0.29) is 18.4 Å². The Balaban J connectivity index is 0.00000145. The number of nitrogens with zero attached hydrogens (tertiary/aromatic N) is 2. The zero-order valence-corrected chi connectivity index (χ0v) is 17.1. The Hall–Kier alpha value is -3.06. The molecule has 2 heterocycles. The van der Waals surface area contributed by atoms with Crippen LogP contribution in [0.1, 0.15) is 46.8 Å². The van der Waals surface area contributed by atoms with Crippen LogP contribution in [-0.2, 0) is 17.8 Å². The third-order valence-electron chi connectivity index (χ3n) is 4.55.